The second-order valence-corrected chi connectivity index (χ2v) is 14.8. The fourth-order valence-corrected chi connectivity index (χ4v) is 1.49. The van der Waals surface area contributed by atoms with Crippen molar-refractivity contribution in [3.63, 3.8) is 0 Å². The van der Waals surface area contributed by atoms with Crippen molar-refractivity contribution in [3.05, 3.63) is 28.8 Å². The van der Waals surface area contributed by atoms with Crippen LogP contribution in [-0.2, 0) is 9.47 Å². The third kappa shape index (κ3) is 5.23. The van der Waals surface area contributed by atoms with Gasteiger partial charge in [-0.1, -0.05) is 17.7 Å². The van der Waals surface area contributed by atoms with Gasteiger partial charge < -0.3 is 4.74 Å². The van der Waals surface area contributed by atoms with Gasteiger partial charge in [0.1, 0.15) is 5.75 Å². The Labute approximate surface area is 115 Å². The zero-order valence-electron chi connectivity index (χ0n) is 8.77. The quantitative estimate of drug-likeness (QED) is 0.572. The Morgan fingerprint density at radius 2 is 1.43 bits per heavy atom. The molecule has 1 aromatic rings. The SMILES string of the molecule is COc1c(C)cc(C)cc1C.[I][V][I]. The zero-order valence-corrected chi connectivity index (χ0v) is 14.5. The van der Waals surface area contributed by atoms with Crippen molar-refractivity contribution in [1.29, 1.82) is 0 Å². The summed E-state index contributed by atoms with van der Waals surface area (Å²) in [4.78, 5) is 0. The van der Waals surface area contributed by atoms with Gasteiger partial charge in [-0.05, 0) is 31.9 Å². The van der Waals surface area contributed by atoms with Crippen LogP contribution >= 0.6 is 40.0 Å². The first-order valence-corrected chi connectivity index (χ1v) is 13.1. The molecule has 1 aromatic carbocycles. The summed E-state index contributed by atoms with van der Waals surface area (Å²) in [5, 5.41) is 0. The van der Waals surface area contributed by atoms with E-state index in [-0.39, 0.29) is 0 Å². The van der Waals surface area contributed by atoms with E-state index in [1.165, 1.54) is 16.7 Å². The van der Waals surface area contributed by atoms with Gasteiger partial charge in [0.05, 0.1) is 7.11 Å². The van der Waals surface area contributed by atoms with Crippen molar-refractivity contribution >= 4 is 40.0 Å². The molecule has 4 heteroatoms. The summed E-state index contributed by atoms with van der Waals surface area (Å²) in [7, 11) is 2.34. The monoisotopic (exact) mass is 455 g/mol. The second kappa shape index (κ2) is 8.24. The first-order valence-electron chi connectivity index (χ1n) is 4.11. The van der Waals surface area contributed by atoms with Crippen LogP contribution in [0.25, 0.3) is 0 Å². The Kier molecular flexibility index (Phi) is 8.87. The predicted molar refractivity (Wildman–Crippen MR) is 75.2 cm³/mol. The molecule has 79 valence electrons. The molecule has 1 rings (SSSR count). The van der Waals surface area contributed by atoms with Crippen molar-refractivity contribution in [3.8, 4) is 5.75 Å². The van der Waals surface area contributed by atoms with Crippen LogP contribution in [-0.4, -0.2) is 7.11 Å². The van der Waals surface area contributed by atoms with Gasteiger partial charge >= 0.3 is 49.4 Å². The van der Waals surface area contributed by atoms with Crippen molar-refractivity contribution < 1.29 is 14.2 Å². The van der Waals surface area contributed by atoms with E-state index in [4.69, 9.17) is 4.74 Å². The summed E-state index contributed by atoms with van der Waals surface area (Å²) in [6, 6.07) is 4.26. The minimum absolute atomic E-state index is 0.628. The van der Waals surface area contributed by atoms with Crippen LogP contribution in [0.15, 0.2) is 12.1 Å². The average Bonchev–Trinajstić information content (AvgIpc) is 2.04. The van der Waals surface area contributed by atoms with Crippen LogP contribution in [0.3, 0.4) is 0 Å². The summed E-state index contributed by atoms with van der Waals surface area (Å²) < 4.78 is 5.23. The molecule has 0 atom stereocenters. The van der Waals surface area contributed by atoms with Gasteiger partial charge in [0, 0.05) is 0 Å². The molecule has 0 N–H and O–H groups in total. The predicted octanol–water partition coefficient (Wildman–Crippen LogP) is 4.39. The zero-order chi connectivity index (χ0) is 11.1. The number of aryl methyl sites for hydroxylation is 3. The molecule has 0 saturated heterocycles. The van der Waals surface area contributed by atoms with Gasteiger partial charge in [0.25, 0.3) is 0 Å². The number of hydrogen-bond donors (Lipinski definition) is 0. The first kappa shape index (κ1) is 15.1. The fraction of sp³-hybridized carbons (Fsp3) is 0.400. The van der Waals surface area contributed by atoms with Crippen LogP contribution in [0.4, 0.5) is 0 Å². The Morgan fingerprint density at radius 1 is 1.07 bits per heavy atom. The molecule has 14 heavy (non-hydrogen) atoms. The van der Waals surface area contributed by atoms with Gasteiger partial charge in [-0.15, -0.1) is 0 Å². The first-order chi connectivity index (χ1) is 6.56. The van der Waals surface area contributed by atoms with Gasteiger partial charge in [-0.2, -0.15) is 0 Å². The maximum absolute atomic E-state index is 5.23. The number of hydrogen-bond acceptors (Lipinski definition) is 1. The average molecular weight is 455 g/mol. The fourth-order valence-electron chi connectivity index (χ4n) is 1.49. The molecule has 0 fully saturated rings. The number of rotatable bonds is 1. The van der Waals surface area contributed by atoms with Gasteiger partial charge in [0.15, 0.2) is 0 Å². The van der Waals surface area contributed by atoms with Crippen LogP contribution in [0.5, 0.6) is 5.75 Å². The van der Waals surface area contributed by atoms with Crippen molar-refractivity contribution in [2.75, 3.05) is 7.11 Å². The maximum atomic E-state index is 5.23. The third-order valence-corrected chi connectivity index (χ3v) is 1.81. The third-order valence-electron chi connectivity index (χ3n) is 1.81. The molecule has 0 aromatic heterocycles. The molecule has 0 saturated carbocycles. The van der Waals surface area contributed by atoms with Crippen LogP contribution in [0.2, 0.25) is 0 Å². The van der Waals surface area contributed by atoms with Gasteiger partial charge in [-0.3, -0.25) is 0 Å². The number of ether oxygens (including phenoxy) is 1. The molecule has 0 amide bonds. The number of halogens is 2. The normalized spacial score (nSPS) is 8.71. The summed E-state index contributed by atoms with van der Waals surface area (Å²) in [5.74, 6) is 1.01. The Balaban J connectivity index is 0.000000500. The summed E-state index contributed by atoms with van der Waals surface area (Å²) >= 11 is 4.74. The standard InChI is InChI=1S/C10H14O.2HI.V/c1-7-5-8(2)10(11-4)9(3)6-7;;;/h5-6H,1-4H3;2*1H;/q;;;+2/p-2. The number of methoxy groups -OCH3 is 1. The Bertz CT molecular complexity index is 266. The van der Waals surface area contributed by atoms with E-state index in [1.807, 2.05) is 0 Å². The minimum atomic E-state index is 0.628. The van der Waals surface area contributed by atoms with Crippen LogP contribution in [0, 0.1) is 20.8 Å². The van der Waals surface area contributed by atoms with Gasteiger partial charge in [-0.25, -0.2) is 0 Å². The molecule has 0 bridgehead atoms. The molecule has 0 aliphatic rings. The van der Waals surface area contributed by atoms with E-state index >= 15 is 0 Å². The molecule has 0 unspecified atom stereocenters. The molecule has 0 heterocycles. The van der Waals surface area contributed by atoms with Crippen LogP contribution < -0.4 is 4.74 Å². The van der Waals surface area contributed by atoms with Crippen molar-refractivity contribution in [1.82, 2.24) is 0 Å². The van der Waals surface area contributed by atoms with E-state index in [9.17, 15) is 0 Å². The molecule has 1 nitrogen and oxygen atoms in total. The summed E-state index contributed by atoms with van der Waals surface area (Å²) in [5.41, 5.74) is 3.72. The molecule has 0 spiro atoms. The van der Waals surface area contributed by atoms with E-state index < -0.39 is 0 Å². The summed E-state index contributed by atoms with van der Waals surface area (Å²) in [6.45, 7) is 6.23. The topological polar surface area (TPSA) is 9.23 Å². The van der Waals surface area contributed by atoms with Crippen LogP contribution in [0.1, 0.15) is 16.7 Å². The van der Waals surface area contributed by atoms with Gasteiger partial charge in [0.2, 0.25) is 0 Å². The molecule has 0 aliphatic carbocycles. The molecule has 0 radical (unpaired) electrons. The molecular formula is C10H14I2OV. The summed E-state index contributed by atoms with van der Waals surface area (Å²) in [6.07, 6.45) is 0. The number of benzene rings is 1. The van der Waals surface area contributed by atoms with E-state index in [0.29, 0.717) is 9.47 Å². The van der Waals surface area contributed by atoms with E-state index in [2.05, 4.69) is 72.9 Å². The Hall–Kier alpha value is 1.06. The van der Waals surface area contributed by atoms with Crippen molar-refractivity contribution in [2.45, 2.75) is 20.8 Å². The van der Waals surface area contributed by atoms with E-state index in [0.717, 1.165) is 5.75 Å². The van der Waals surface area contributed by atoms with E-state index in [1.54, 1.807) is 7.11 Å². The molecule has 0 aliphatic heterocycles. The molecular weight excluding hydrogens is 441 g/mol. The van der Waals surface area contributed by atoms with Crippen molar-refractivity contribution in [2.24, 2.45) is 0 Å². The second-order valence-electron chi connectivity index (χ2n) is 3.00. The Morgan fingerprint density at radius 3 is 1.71 bits per heavy atom.